The van der Waals surface area contributed by atoms with Gasteiger partial charge in [0.25, 0.3) is 0 Å². The van der Waals surface area contributed by atoms with Crippen molar-refractivity contribution in [3.63, 3.8) is 0 Å². The van der Waals surface area contributed by atoms with Crippen LogP contribution in [-0.2, 0) is 24.3 Å². The lowest BCUT2D eigenvalue weighted by Crippen LogP contribution is -2.31. The zero-order chi connectivity index (χ0) is 27.1. The van der Waals surface area contributed by atoms with Crippen LogP contribution in [0.25, 0.3) is 6.08 Å². The molecule has 0 aliphatic heterocycles. The van der Waals surface area contributed by atoms with Crippen LogP contribution < -0.4 is 4.74 Å². The Morgan fingerprint density at radius 1 is 0.718 bits per heavy atom. The fourth-order valence-electron chi connectivity index (χ4n) is 4.47. The summed E-state index contributed by atoms with van der Waals surface area (Å²) in [5.74, 6) is 0.844. The van der Waals surface area contributed by atoms with Gasteiger partial charge in [-0.3, -0.25) is 4.79 Å². The summed E-state index contributed by atoms with van der Waals surface area (Å²) in [6.45, 7) is 3.72. The molecule has 4 heteroatoms. The number of hydrogen-bond acceptors (Lipinski definition) is 3. The third kappa shape index (κ3) is 9.91. The number of benzene rings is 4. The van der Waals surface area contributed by atoms with Crippen LogP contribution >= 0.6 is 0 Å². The van der Waals surface area contributed by atoms with E-state index in [-0.39, 0.29) is 5.91 Å². The van der Waals surface area contributed by atoms with Crippen molar-refractivity contribution in [1.82, 2.24) is 9.80 Å². The monoisotopic (exact) mass is 518 g/mol. The van der Waals surface area contributed by atoms with Crippen molar-refractivity contribution in [2.75, 3.05) is 26.7 Å². The van der Waals surface area contributed by atoms with Gasteiger partial charge in [0, 0.05) is 32.3 Å². The van der Waals surface area contributed by atoms with E-state index >= 15 is 0 Å². The summed E-state index contributed by atoms with van der Waals surface area (Å²) in [4.78, 5) is 17.5. The summed E-state index contributed by atoms with van der Waals surface area (Å²) < 4.78 is 6.08. The van der Waals surface area contributed by atoms with Crippen LogP contribution in [0.2, 0.25) is 0 Å². The van der Waals surface area contributed by atoms with Gasteiger partial charge in [-0.15, -0.1) is 0 Å². The quantitative estimate of drug-likeness (QED) is 0.135. The van der Waals surface area contributed by atoms with Crippen molar-refractivity contribution < 1.29 is 9.53 Å². The number of carbonyl (C=O) groups is 1. The summed E-state index contributed by atoms with van der Waals surface area (Å²) in [5.41, 5.74) is 4.61. The highest BCUT2D eigenvalue weighted by atomic mass is 16.5. The van der Waals surface area contributed by atoms with Crippen LogP contribution in [0.5, 0.6) is 5.75 Å². The molecule has 0 aromatic heterocycles. The van der Waals surface area contributed by atoms with Gasteiger partial charge in [-0.25, -0.2) is 0 Å². The number of amides is 1. The van der Waals surface area contributed by atoms with Crippen molar-refractivity contribution in [2.45, 2.75) is 25.9 Å². The van der Waals surface area contributed by atoms with Gasteiger partial charge in [0.1, 0.15) is 5.75 Å². The van der Waals surface area contributed by atoms with Gasteiger partial charge in [0.05, 0.1) is 6.61 Å². The topological polar surface area (TPSA) is 32.8 Å². The molecule has 4 nitrogen and oxygen atoms in total. The fraction of sp³-hybridized carbons (Fsp3) is 0.229. The Balaban J connectivity index is 1.32. The Labute approximate surface area is 233 Å². The highest BCUT2D eigenvalue weighted by Gasteiger charge is 2.12. The van der Waals surface area contributed by atoms with Gasteiger partial charge in [0.2, 0.25) is 5.91 Å². The van der Waals surface area contributed by atoms with Gasteiger partial charge in [-0.1, -0.05) is 103 Å². The number of rotatable bonds is 14. The van der Waals surface area contributed by atoms with Crippen molar-refractivity contribution in [3.8, 4) is 5.75 Å². The maximum absolute atomic E-state index is 13.2. The molecule has 0 aliphatic rings. The van der Waals surface area contributed by atoms with Crippen LogP contribution in [0.4, 0.5) is 0 Å². The van der Waals surface area contributed by atoms with Crippen molar-refractivity contribution in [3.05, 3.63) is 144 Å². The van der Waals surface area contributed by atoms with E-state index in [9.17, 15) is 4.79 Å². The molecule has 200 valence electrons. The Bertz CT molecular complexity index is 1290. The Hall–Kier alpha value is -4.15. The normalized spacial score (nSPS) is 11.1. The van der Waals surface area contributed by atoms with E-state index in [1.54, 1.807) is 6.08 Å². The summed E-state index contributed by atoms with van der Waals surface area (Å²) in [6.07, 6.45) is 5.30. The third-order valence-corrected chi connectivity index (χ3v) is 6.56. The largest absolute Gasteiger partial charge is 0.494 e. The molecular weight excluding hydrogens is 480 g/mol. The number of hydrogen-bond donors (Lipinski definition) is 0. The molecule has 0 bridgehead atoms. The molecule has 0 spiro atoms. The average Bonchev–Trinajstić information content (AvgIpc) is 2.98. The molecule has 0 atom stereocenters. The van der Waals surface area contributed by atoms with Gasteiger partial charge in [-0.05, 0) is 60.4 Å². The number of carbonyl (C=O) groups excluding carboxylic acids is 1. The van der Waals surface area contributed by atoms with E-state index in [0.717, 1.165) is 42.8 Å². The predicted molar refractivity (Wildman–Crippen MR) is 160 cm³/mol. The molecule has 0 radical (unpaired) electrons. The molecule has 0 saturated heterocycles. The first-order chi connectivity index (χ1) is 19.2. The zero-order valence-electron chi connectivity index (χ0n) is 22.8. The molecule has 39 heavy (non-hydrogen) atoms. The number of nitrogens with zero attached hydrogens (tertiary/aromatic N) is 2. The minimum Gasteiger partial charge on any atom is -0.494 e. The second-order valence-electron chi connectivity index (χ2n) is 9.81. The molecule has 1 amide bonds. The summed E-state index contributed by atoms with van der Waals surface area (Å²) >= 11 is 0. The first-order valence-electron chi connectivity index (χ1n) is 13.7. The SMILES string of the molecule is CN(CCCOc1cccc(CN(CCc2ccccc2)C(=O)/C=C/c2ccccc2)c1)Cc1ccccc1. The Morgan fingerprint density at radius 3 is 2.08 bits per heavy atom. The van der Waals surface area contributed by atoms with E-state index in [2.05, 4.69) is 60.5 Å². The number of ether oxygens (including phenoxy) is 1. The lowest BCUT2D eigenvalue weighted by atomic mass is 10.1. The van der Waals surface area contributed by atoms with Crippen LogP contribution in [-0.4, -0.2) is 42.5 Å². The van der Waals surface area contributed by atoms with E-state index in [1.165, 1.54) is 11.1 Å². The van der Waals surface area contributed by atoms with Gasteiger partial charge in [0.15, 0.2) is 0 Å². The fourth-order valence-corrected chi connectivity index (χ4v) is 4.47. The maximum atomic E-state index is 13.2. The molecule has 0 N–H and O–H groups in total. The average molecular weight is 519 g/mol. The molecule has 0 saturated carbocycles. The summed E-state index contributed by atoms with van der Waals surface area (Å²) in [5, 5.41) is 0. The standard InChI is InChI=1S/C35H38N2O2/c1-36(28-32-17-9-4-10-18-32)24-12-26-39-34-20-11-19-33(27-34)29-37(25-23-31-15-7-3-8-16-31)35(38)22-21-30-13-5-2-6-14-30/h2-11,13-22,27H,12,23-26,28-29H2,1H3/b22-21+. The van der Waals surface area contributed by atoms with Gasteiger partial charge < -0.3 is 14.5 Å². The van der Waals surface area contributed by atoms with Crippen molar-refractivity contribution in [2.24, 2.45) is 0 Å². The Kier molecular flexibility index (Phi) is 10.9. The minimum atomic E-state index is 0.00237. The van der Waals surface area contributed by atoms with E-state index in [4.69, 9.17) is 4.74 Å². The smallest absolute Gasteiger partial charge is 0.246 e. The first kappa shape index (κ1) is 27.9. The first-order valence-corrected chi connectivity index (χ1v) is 13.7. The molecule has 0 aliphatic carbocycles. The molecule has 4 aromatic rings. The Morgan fingerprint density at radius 2 is 1.36 bits per heavy atom. The van der Waals surface area contributed by atoms with Gasteiger partial charge in [-0.2, -0.15) is 0 Å². The molecule has 4 aromatic carbocycles. The van der Waals surface area contributed by atoms with Crippen LogP contribution in [0, 0.1) is 0 Å². The minimum absolute atomic E-state index is 0.00237. The highest BCUT2D eigenvalue weighted by molar-refractivity contribution is 5.91. The molecular formula is C35H38N2O2. The van der Waals surface area contributed by atoms with E-state index in [0.29, 0.717) is 19.7 Å². The highest BCUT2D eigenvalue weighted by Crippen LogP contribution is 2.17. The van der Waals surface area contributed by atoms with Gasteiger partial charge >= 0.3 is 0 Å². The molecule has 0 unspecified atom stereocenters. The zero-order valence-corrected chi connectivity index (χ0v) is 22.8. The van der Waals surface area contributed by atoms with Crippen LogP contribution in [0.15, 0.2) is 121 Å². The van der Waals surface area contributed by atoms with Crippen LogP contribution in [0.1, 0.15) is 28.7 Å². The molecule has 0 fully saturated rings. The summed E-state index contributed by atoms with van der Waals surface area (Å²) in [6, 6.07) is 38.9. The summed E-state index contributed by atoms with van der Waals surface area (Å²) in [7, 11) is 2.14. The molecule has 4 rings (SSSR count). The maximum Gasteiger partial charge on any atom is 0.246 e. The van der Waals surface area contributed by atoms with Crippen molar-refractivity contribution in [1.29, 1.82) is 0 Å². The lowest BCUT2D eigenvalue weighted by molar-refractivity contribution is -0.126. The van der Waals surface area contributed by atoms with E-state index in [1.807, 2.05) is 77.7 Å². The second-order valence-corrected chi connectivity index (χ2v) is 9.81. The lowest BCUT2D eigenvalue weighted by Gasteiger charge is -2.22. The predicted octanol–water partition coefficient (Wildman–Crippen LogP) is 6.87. The van der Waals surface area contributed by atoms with E-state index < -0.39 is 0 Å². The third-order valence-electron chi connectivity index (χ3n) is 6.56. The second kappa shape index (κ2) is 15.3. The van der Waals surface area contributed by atoms with Crippen LogP contribution in [0.3, 0.4) is 0 Å². The molecule has 0 heterocycles. The van der Waals surface area contributed by atoms with Crippen molar-refractivity contribution >= 4 is 12.0 Å².